The fourth-order valence-electron chi connectivity index (χ4n) is 1.50. The molecule has 16 heavy (non-hydrogen) atoms. The third-order valence-corrected chi connectivity index (χ3v) is 3.52. The Kier molecular flexibility index (Phi) is 3.10. The summed E-state index contributed by atoms with van der Waals surface area (Å²) in [4.78, 5) is 6.86. The molecular formula is C12H15N3S. The summed E-state index contributed by atoms with van der Waals surface area (Å²) in [5.41, 5.74) is 6.43. The molecule has 2 aromatic heterocycles. The topological polar surface area (TPSA) is 50.9 Å². The van der Waals surface area contributed by atoms with Crippen molar-refractivity contribution in [3.8, 4) is 0 Å². The highest BCUT2D eigenvalue weighted by atomic mass is 32.1. The zero-order valence-electron chi connectivity index (χ0n) is 9.40. The van der Waals surface area contributed by atoms with E-state index in [-0.39, 0.29) is 6.04 Å². The van der Waals surface area contributed by atoms with Crippen LogP contribution in [0.25, 0.3) is 0 Å². The van der Waals surface area contributed by atoms with E-state index in [9.17, 15) is 0 Å². The van der Waals surface area contributed by atoms with Crippen LogP contribution in [0.15, 0.2) is 30.5 Å². The number of hydrogen-bond acceptors (Lipinski definition) is 4. The van der Waals surface area contributed by atoms with E-state index in [4.69, 9.17) is 5.73 Å². The van der Waals surface area contributed by atoms with Crippen LogP contribution in [0.1, 0.15) is 22.7 Å². The molecule has 2 heterocycles. The molecule has 4 heteroatoms. The molecule has 0 amide bonds. The molecule has 0 fully saturated rings. The first-order valence-corrected chi connectivity index (χ1v) is 6.01. The lowest BCUT2D eigenvalue weighted by atomic mass is 10.2. The van der Waals surface area contributed by atoms with E-state index in [1.165, 1.54) is 9.75 Å². The third kappa shape index (κ3) is 2.52. The molecular weight excluding hydrogens is 218 g/mol. The maximum atomic E-state index is 5.70. The fraction of sp³-hybridized carbons (Fsp3) is 0.250. The smallest absolute Gasteiger partial charge is 0.128 e. The van der Waals surface area contributed by atoms with Crippen molar-refractivity contribution in [2.75, 3.05) is 11.1 Å². The molecule has 2 aromatic rings. The van der Waals surface area contributed by atoms with E-state index in [2.05, 4.69) is 36.3 Å². The van der Waals surface area contributed by atoms with Crippen LogP contribution >= 0.6 is 11.3 Å². The lowest BCUT2D eigenvalue weighted by Gasteiger charge is -2.12. The largest absolute Gasteiger partial charge is 0.399 e. The molecule has 1 unspecified atom stereocenters. The SMILES string of the molecule is Cc1ccc(C(C)Nc2cc(N)ccn2)s1. The van der Waals surface area contributed by atoms with Crippen molar-refractivity contribution >= 4 is 22.8 Å². The van der Waals surface area contributed by atoms with E-state index in [1.54, 1.807) is 23.6 Å². The van der Waals surface area contributed by atoms with Gasteiger partial charge in [-0.25, -0.2) is 4.98 Å². The van der Waals surface area contributed by atoms with Gasteiger partial charge in [0, 0.05) is 27.7 Å². The highest BCUT2D eigenvalue weighted by Gasteiger charge is 2.07. The molecule has 0 bridgehead atoms. The summed E-state index contributed by atoms with van der Waals surface area (Å²) in [5.74, 6) is 0.818. The molecule has 0 aromatic carbocycles. The lowest BCUT2D eigenvalue weighted by molar-refractivity contribution is 0.897. The van der Waals surface area contributed by atoms with E-state index >= 15 is 0 Å². The second-order valence-corrected chi connectivity index (χ2v) is 5.11. The zero-order valence-corrected chi connectivity index (χ0v) is 10.2. The molecule has 0 aliphatic rings. The maximum absolute atomic E-state index is 5.70. The number of hydrogen-bond donors (Lipinski definition) is 2. The Labute approximate surface area is 99.3 Å². The predicted octanol–water partition coefficient (Wildman–Crippen LogP) is 3.21. The van der Waals surface area contributed by atoms with Crippen molar-refractivity contribution in [2.24, 2.45) is 0 Å². The summed E-state index contributed by atoms with van der Waals surface area (Å²) in [6.07, 6.45) is 1.71. The summed E-state index contributed by atoms with van der Waals surface area (Å²) in [6.45, 7) is 4.23. The van der Waals surface area contributed by atoms with Gasteiger partial charge in [0.1, 0.15) is 5.82 Å². The third-order valence-electron chi connectivity index (χ3n) is 2.34. The van der Waals surface area contributed by atoms with Crippen molar-refractivity contribution < 1.29 is 0 Å². The zero-order chi connectivity index (χ0) is 11.5. The van der Waals surface area contributed by atoms with Crippen LogP contribution in [0.2, 0.25) is 0 Å². The molecule has 1 atom stereocenters. The van der Waals surface area contributed by atoms with Crippen molar-refractivity contribution in [1.29, 1.82) is 0 Å². The van der Waals surface area contributed by atoms with Crippen molar-refractivity contribution in [1.82, 2.24) is 4.98 Å². The molecule has 3 nitrogen and oxygen atoms in total. The van der Waals surface area contributed by atoms with Gasteiger partial charge < -0.3 is 11.1 Å². The maximum Gasteiger partial charge on any atom is 0.128 e. The minimum Gasteiger partial charge on any atom is -0.399 e. The van der Waals surface area contributed by atoms with Gasteiger partial charge in [0.05, 0.1) is 6.04 Å². The second kappa shape index (κ2) is 4.53. The number of thiophene rings is 1. The Hall–Kier alpha value is -1.55. The number of nitrogens with one attached hydrogen (secondary N) is 1. The summed E-state index contributed by atoms with van der Waals surface area (Å²) in [6, 6.07) is 8.16. The average molecular weight is 233 g/mol. The van der Waals surface area contributed by atoms with Gasteiger partial charge in [-0.05, 0) is 32.0 Å². The van der Waals surface area contributed by atoms with Gasteiger partial charge in [-0.15, -0.1) is 11.3 Å². The van der Waals surface area contributed by atoms with Gasteiger partial charge in [0.15, 0.2) is 0 Å². The number of nitrogens with zero attached hydrogens (tertiary/aromatic N) is 1. The number of aryl methyl sites for hydroxylation is 1. The number of anilines is 2. The van der Waals surface area contributed by atoms with Crippen LogP contribution in [0.3, 0.4) is 0 Å². The van der Waals surface area contributed by atoms with Crippen molar-refractivity contribution in [3.05, 3.63) is 40.2 Å². The first kappa shape index (κ1) is 11.0. The van der Waals surface area contributed by atoms with Gasteiger partial charge in [0.25, 0.3) is 0 Å². The average Bonchev–Trinajstić information content (AvgIpc) is 2.65. The van der Waals surface area contributed by atoms with Gasteiger partial charge in [-0.2, -0.15) is 0 Å². The molecule has 0 radical (unpaired) electrons. The molecule has 0 spiro atoms. The molecule has 2 rings (SSSR count). The normalized spacial score (nSPS) is 12.4. The molecule has 0 saturated heterocycles. The van der Waals surface area contributed by atoms with Crippen LogP contribution in [0.4, 0.5) is 11.5 Å². The van der Waals surface area contributed by atoms with Crippen LogP contribution < -0.4 is 11.1 Å². The molecule has 3 N–H and O–H groups in total. The molecule has 0 saturated carbocycles. The highest BCUT2D eigenvalue weighted by Crippen LogP contribution is 2.25. The van der Waals surface area contributed by atoms with Gasteiger partial charge in [0.2, 0.25) is 0 Å². The molecule has 0 aliphatic heterocycles. The number of aromatic nitrogens is 1. The first-order chi connectivity index (χ1) is 7.65. The molecule has 0 aliphatic carbocycles. The fourth-order valence-corrected chi connectivity index (χ4v) is 2.38. The monoisotopic (exact) mass is 233 g/mol. The summed E-state index contributed by atoms with van der Waals surface area (Å²) in [7, 11) is 0. The number of pyridine rings is 1. The summed E-state index contributed by atoms with van der Waals surface area (Å²) < 4.78 is 0. The van der Waals surface area contributed by atoms with Crippen LogP contribution in [0.5, 0.6) is 0 Å². The summed E-state index contributed by atoms with van der Waals surface area (Å²) >= 11 is 1.80. The Bertz CT molecular complexity index is 479. The minimum atomic E-state index is 0.257. The number of rotatable bonds is 3. The number of nitrogens with two attached hydrogens (primary N) is 1. The minimum absolute atomic E-state index is 0.257. The lowest BCUT2D eigenvalue weighted by Crippen LogP contribution is -2.06. The van der Waals surface area contributed by atoms with Crippen LogP contribution in [0, 0.1) is 6.92 Å². The van der Waals surface area contributed by atoms with Gasteiger partial charge in [-0.3, -0.25) is 0 Å². The molecule has 84 valence electrons. The summed E-state index contributed by atoms with van der Waals surface area (Å²) in [5, 5.41) is 3.33. The van der Waals surface area contributed by atoms with Crippen LogP contribution in [-0.2, 0) is 0 Å². The van der Waals surface area contributed by atoms with Gasteiger partial charge >= 0.3 is 0 Å². The van der Waals surface area contributed by atoms with Crippen molar-refractivity contribution in [2.45, 2.75) is 19.9 Å². The number of nitrogen functional groups attached to an aromatic ring is 1. The Morgan fingerprint density at radius 3 is 2.81 bits per heavy atom. The first-order valence-electron chi connectivity index (χ1n) is 5.19. The standard InChI is InChI=1S/C12H15N3S/c1-8-3-4-11(16-8)9(2)15-12-7-10(13)5-6-14-12/h3-7,9H,1-2H3,(H3,13,14,15). The quantitative estimate of drug-likeness (QED) is 0.856. The van der Waals surface area contributed by atoms with E-state index in [0.29, 0.717) is 0 Å². The van der Waals surface area contributed by atoms with E-state index in [1.807, 2.05) is 6.07 Å². The van der Waals surface area contributed by atoms with E-state index < -0.39 is 0 Å². The van der Waals surface area contributed by atoms with Gasteiger partial charge in [-0.1, -0.05) is 0 Å². The highest BCUT2D eigenvalue weighted by molar-refractivity contribution is 7.12. The Morgan fingerprint density at radius 1 is 1.38 bits per heavy atom. The Balaban J connectivity index is 2.10. The van der Waals surface area contributed by atoms with Crippen LogP contribution in [-0.4, -0.2) is 4.98 Å². The van der Waals surface area contributed by atoms with Crippen molar-refractivity contribution in [3.63, 3.8) is 0 Å². The predicted molar refractivity (Wildman–Crippen MR) is 69.7 cm³/mol. The van der Waals surface area contributed by atoms with E-state index in [0.717, 1.165) is 11.5 Å². The Morgan fingerprint density at radius 2 is 2.19 bits per heavy atom. The second-order valence-electron chi connectivity index (χ2n) is 3.79.